The molecule has 1 aromatic rings. The van der Waals surface area contributed by atoms with Crippen LogP contribution in [0.3, 0.4) is 0 Å². The molecule has 1 aromatic carbocycles. The lowest BCUT2D eigenvalue weighted by atomic mass is 9.74. The van der Waals surface area contributed by atoms with Crippen molar-refractivity contribution in [2.75, 3.05) is 19.6 Å². The van der Waals surface area contributed by atoms with E-state index in [9.17, 15) is 5.11 Å². The van der Waals surface area contributed by atoms with Crippen molar-refractivity contribution in [1.29, 1.82) is 0 Å². The molecular weight excluding hydrogens is 384 g/mol. The lowest BCUT2D eigenvalue weighted by Gasteiger charge is -2.54. The Morgan fingerprint density at radius 1 is 1.17 bits per heavy atom. The summed E-state index contributed by atoms with van der Waals surface area (Å²) in [4.78, 5) is 0. The maximum Gasteiger partial charge on any atom is 0.0751 e. The number of halogens is 1. The second-order valence-corrected chi connectivity index (χ2v) is 9.26. The highest BCUT2D eigenvalue weighted by Gasteiger charge is 2.46. The van der Waals surface area contributed by atoms with Crippen LogP contribution in [0.5, 0.6) is 0 Å². The molecule has 2 saturated heterocycles. The number of aliphatic hydroxyl groups is 1. The molecule has 0 radical (unpaired) electrons. The first-order chi connectivity index (χ1) is 14.0. The van der Waals surface area contributed by atoms with E-state index in [1.165, 1.54) is 31.2 Å². The number of nitrogens with one attached hydrogen (secondary N) is 3. The smallest absolute Gasteiger partial charge is 0.0751 e. The van der Waals surface area contributed by atoms with Gasteiger partial charge in [-0.1, -0.05) is 50.4 Å². The van der Waals surface area contributed by atoms with Gasteiger partial charge in [-0.05, 0) is 56.3 Å². The predicted molar refractivity (Wildman–Crippen MR) is 121 cm³/mol. The lowest BCUT2D eigenvalue weighted by Crippen LogP contribution is -2.69. The van der Waals surface area contributed by atoms with E-state index in [1.807, 2.05) is 19.1 Å². The Balaban J connectivity index is 1.95. The first-order valence-electron chi connectivity index (χ1n) is 11.5. The number of piperidine rings is 1. The van der Waals surface area contributed by atoms with Gasteiger partial charge in [0.05, 0.1) is 18.3 Å². The van der Waals surface area contributed by atoms with Gasteiger partial charge in [0.1, 0.15) is 0 Å². The number of aliphatic hydroxyl groups excluding tert-OH is 1. The van der Waals surface area contributed by atoms with Crippen LogP contribution >= 0.6 is 11.6 Å². The summed E-state index contributed by atoms with van der Waals surface area (Å²) >= 11 is 6.21. The van der Waals surface area contributed by atoms with Crippen molar-refractivity contribution in [3.05, 3.63) is 34.9 Å². The fourth-order valence-corrected chi connectivity index (χ4v) is 5.31. The van der Waals surface area contributed by atoms with Crippen molar-refractivity contribution in [2.24, 2.45) is 11.8 Å². The summed E-state index contributed by atoms with van der Waals surface area (Å²) < 4.78 is 0. The normalized spacial score (nSPS) is 29.0. The Labute approximate surface area is 181 Å². The third-order valence-corrected chi connectivity index (χ3v) is 6.74. The third-order valence-electron chi connectivity index (χ3n) is 6.49. The molecule has 0 aromatic heterocycles. The molecule has 0 amide bonds. The van der Waals surface area contributed by atoms with E-state index < -0.39 is 0 Å². The molecule has 2 fully saturated rings. The van der Waals surface area contributed by atoms with E-state index in [1.54, 1.807) is 0 Å². The minimum atomic E-state index is -0.351. The van der Waals surface area contributed by atoms with E-state index >= 15 is 0 Å². The summed E-state index contributed by atoms with van der Waals surface area (Å²) in [5, 5.41) is 20.4. The predicted octanol–water partition coefficient (Wildman–Crippen LogP) is 3.69. The van der Waals surface area contributed by atoms with Crippen molar-refractivity contribution in [1.82, 2.24) is 21.1 Å². The van der Waals surface area contributed by atoms with Crippen molar-refractivity contribution in [2.45, 2.75) is 77.2 Å². The Hall–Kier alpha value is -0.690. The number of hydrazine groups is 1. The summed E-state index contributed by atoms with van der Waals surface area (Å²) in [6, 6.07) is 9.30. The highest BCUT2D eigenvalue weighted by atomic mass is 35.5. The summed E-state index contributed by atoms with van der Waals surface area (Å²) in [5.41, 5.74) is 5.23. The molecule has 2 aliphatic heterocycles. The van der Waals surface area contributed by atoms with E-state index in [2.05, 4.69) is 47.0 Å². The van der Waals surface area contributed by atoms with Gasteiger partial charge < -0.3 is 10.4 Å². The van der Waals surface area contributed by atoms with Crippen molar-refractivity contribution in [3.8, 4) is 0 Å². The van der Waals surface area contributed by atoms with Crippen LogP contribution < -0.4 is 16.1 Å². The van der Waals surface area contributed by atoms with Gasteiger partial charge in [-0.25, -0.2) is 10.4 Å². The molecule has 0 spiro atoms. The summed E-state index contributed by atoms with van der Waals surface area (Å²) in [6.07, 6.45) is 5.70. The van der Waals surface area contributed by atoms with Gasteiger partial charge in [0.15, 0.2) is 0 Å². The van der Waals surface area contributed by atoms with Crippen LogP contribution in [0, 0.1) is 11.8 Å². The molecule has 5 atom stereocenters. The quantitative estimate of drug-likeness (QED) is 0.489. The maximum absolute atomic E-state index is 9.85. The van der Waals surface area contributed by atoms with Gasteiger partial charge in [-0.2, -0.15) is 0 Å². The van der Waals surface area contributed by atoms with Crippen LogP contribution in [0.1, 0.15) is 64.5 Å². The van der Waals surface area contributed by atoms with Gasteiger partial charge in [-0.15, -0.1) is 0 Å². The van der Waals surface area contributed by atoms with Crippen LogP contribution in [0.25, 0.3) is 0 Å². The number of fused-ring (bicyclic) bond motifs is 1. The zero-order valence-electron chi connectivity index (χ0n) is 18.2. The largest absolute Gasteiger partial charge is 0.392 e. The molecule has 29 heavy (non-hydrogen) atoms. The van der Waals surface area contributed by atoms with Crippen LogP contribution in [-0.2, 0) is 0 Å². The Morgan fingerprint density at radius 2 is 1.86 bits per heavy atom. The number of rotatable bonds is 9. The van der Waals surface area contributed by atoms with E-state index in [4.69, 9.17) is 11.6 Å². The van der Waals surface area contributed by atoms with Gasteiger partial charge in [0, 0.05) is 30.1 Å². The highest BCUT2D eigenvalue weighted by Crippen LogP contribution is 2.43. The zero-order chi connectivity index (χ0) is 20.8. The van der Waals surface area contributed by atoms with Gasteiger partial charge >= 0.3 is 0 Å². The second-order valence-electron chi connectivity index (χ2n) is 8.82. The van der Waals surface area contributed by atoms with Crippen LogP contribution in [0.2, 0.25) is 5.02 Å². The van der Waals surface area contributed by atoms with Crippen LogP contribution in [-0.4, -0.2) is 48.1 Å². The molecular formula is C23H39ClN4O. The number of hydrogen-bond acceptors (Lipinski definition) is 5. The molecule has 2 aliphatic rings. The van der Waals surface area contributed by atoms with Crippen molar-refractivity contribution < 1.29 is 5.11 Å². The third kappa shape index (κ3) is 5.72. The monoisotopic (exact) mass is 422 g/mol. The topological polar surface area (TPSA) is 59.6 Å². The Kier molecular flexibility index (Phi) is 8.78. The molecule has 0 saturated carbocycles. The number of nitrogens with zero attached hydrogens (tertiary/aromatic N) is 1. The molecule has 5 nitrogen and oxygen atoms in total. The average Bonchev–Trinajstić information content (AvgIpc) is 2.72. The molecule has 0 aliphatic carbocycles. The van der Waals surface area contributed by atoms with E-state index in [0.29, 0.717) is 30.5 Å². The van der Waals surface area contributed by atoms with E-state index in [-0.39, 0.29) is 12.3 Å². The molecule has 4 unspecified atom stereocenters. The average molecular weight is 423 g/mol. The first-order valence-corrected chi connectivity index (χ1v) is 11.8. The fourth-order valence-electron chi connectivity index (χ4n) is 5.19. The molecule has 164 valence electrons. The fraction of sp³-hybridized carbons (Fsp3) is 0.739. The van der Waals surface area contributed by atoms with Gasteiger partial charge in [0.2, 0.25) is 0 Å². The molecule has 6 heteroatoms. The molecule has 0 bridgehead atoms. The van der Waals surface area contributed by atoms with Gasteiger partial charge in [0.25, 0.3) is 0 Å². The van der Waals surface area contributed by atoms with Crippen LogP contribution in [0.15, 0.2) is 24.3 Å². The molecule has 4 N–H and O–H groups in total. The van der Waals surface area contributed by atoms with E-state index in [0.717, 1.165) is 24.5 Å². The van der Waals surface area contributed by atoms with Crippen LogP contribution in [0.4, 0.5) is 0 Å². The van der Waals surface area contributed by atoms with Crippen molar-refractivity contribution in [3.63, 3.8) is 0 Å². The second kappa shape index (κ2) is 11.1. The number of hydrogen-bond donors (Lipinski definition) is 4. The summed E-state index contributed by atoms with van der Waals surface area (Å²) in [7, 11) is 0. The minimum Gasteiger partial charge on any atom is -0.392 e. The standard InChI is InChI=1S/C23H39ClN4O/c1-4-6-19(7-5-2)28-22(17-8-10-18(24)11-9-17)20-12-13-25-15-21(20)23(27-28)26-14-16(3)29/h8-11,16,19-23,25-27,29H,4-7,12-15H2,1-3H3/t16-,20?,21?,22?,23?/m0/s1. The SMILES string of the molecule is CCCC(CCC)N1NC(NC[C@H](C)O)C2CNCCC2C1c1ccc(Cl)cc1. The zero-order valence-corrected chi connectivity index (χ0v) is 19.0. The maximum atomic E-state index is 9.85. The summed E-state index contributed by atoms with van der Waals surface area (Å²) in [5.74, 6) is 1.03. The Bertz CT molecular complexity index is 605. The molecule has 2 heterocycles. The molecule has 3 rings (SSSR count). The number of benzene rings is 1. The summed E-state index contributed by atoms with van der Waals surface area (Å²) in [6.45, 7) is 9.07. The lowest BCUT2D eigenvalue weighted by molar-refractivity contribution is -0.0837. The first kappa shape index (κ1) is 23.0. The Morgan fingerprint density at radius 3 is 2.48 bits per heavy atom. The van der Waals surface area contributed by atoms with Gasteiger partial charge in [-0.3, -0.25) is 5.32 Å². The van der Waals surface area contributed by atoms with Crippen molar-refractivity contribution >= 4 is 11.6 Å². The minimum absolute atomic E-state index is 0.169. The highest BCUT2D eigenvalue weighted by molar-refractivity contribution is 6.30.